The van der Waals surface area contributed by atoms with Crippen molar-refractivity contribution < 1.29 is 22.8 Å². The van der Waals surface area contributed by atoms with Crippen LogP contribution in [0.4, 0.5) is 18.9 Å². The van der Waals surface area contributed by atoms with Gasteiger partial charge in [-0.05, 0) is 63.0 Å². The fourth-order valence-electron chi connectivity index (χ4n) is 4.77. The van der Waals surface area contributed by atoms with Gasteiger partial charge >= 0.3 is 6.18 Å². The highest BCUT2D eigenvalue weighted by atomic mass is 19.4. The summed E-state index contributed by atoms with van der Waals surface area (Å²) in [6.07, 6.45) is 1.23. The van der Waals surface area contributed by atoms with Gasteiger partial charge in [-0.25, -0.2) is 0 Å². The SMILES string of the molecule is CN1CC(NC(=O)c2cnc3cc(C(F)(F)F)c(-c4ccc(C(=O)NCCCCN)nc4)cc3c2NC2CC2)C1. The van der Waals surface area contributed by atoms with Crippen molar-refractivity contribution in [3.63, 3.8) is 0 Å². The Morgan fingerprint density at radius 3 is 2.45 bits per heavy atom. The van der Waals surface area contributed by atoms with Gasteiger partial charge in [-0.3, -0.25) is 19.6 Å². The number of hydrogen-bond donors (Lipinski definition) is 4. The zero-order valence-electron chi connectivity index (χ0n) is 22.1. The molecule has 1 aliphatic heterocycles. The highest BCUT2D eigenvalue weighted by molar-refractivity contribution is 6.08. The average molecular weight is 556 g/mol. The molecule has 9 nitrogen and oxygen atoms in total. The molecule has 2 fully saturated rings. The number of alkyl halides is 3. The number of likely N-dealkylation sites (tertiary alicyclic amines) is 1. The minimum Gasteiger partial charge on any atom is -0.381 e. The third-order valence-electron chi connectivity index (χ3n) is 7.11. The summed E-state index contributed by atoms with van der Waals surface area (Å²) in [6.45, 7) is 2.41. The van der Waals surface area contributed by atoms with Crippen molar-refractivity contribution in [1.82, 2.24) is 25.5 Å². The Labute approximate surface area is 229 Å². The van der Waals surface area contributed by atoms with Crippen LogP contribution in [0.25, 0.3) is 22.0 Å². The fourth-order valence-corrected chi connectivity index (χ4v) is 4.77. The van der Waals surface area contributed by atoms with E-state index in [9.17, 15) is 22.8 Å². The minimum atomic E-state index is -4.67. The summed E-state index contributed by atoms with van der Waals surface area (Å²) >= 11 is 0. The molecule has 1 saturated heterocycles. The van der Waals surface area contributed by atoms with Crippen LogP contribution in [0.3, 0.4) is 0 Å². The third-order valence-corrected chi connectivity index (χ3v) is 7.11. The molecule has 40 heavy (non-hydrogen) atoms. The number of unbranched alkanes of at least 4 members (excludes halogenated alkanes) is 1. The minimum absolute atomic E-state index is 0.00703. The van der Waals surface area contributed by atoms with E-state index >= 15 is 0 Å². The van der Waals surface area contributed by atoms with Crippen molar-refractivity contribution in [3.05, 3.63) is 53.5 Å². The number of nitrogens with zero attached hydrogens (tertiary/aromatic N) is 3. The van der Waals surface area contributed by atoms with Gasteiger partial charge in [0.1, 0.15) is 5.69 Å². The summed E-state index contributed by atoms with van der Waals surface area (Å²) in [5, 5.41) is 9.48. The Bertz CT molecular complexity index is 1400. The zero-order valence-corrected chi connectivity index (χ0v) is 22.1. The summed E-state index contributed by atoms with van der Waals surface area (Å²) in [6, 6.07) is 5.41. The number of amides is 2. The van der Waals surface area contributed by atoms with E-state index in [1.165, 1.54) is 30.6 Å². The normalized spacial score (nSPS) is 16.0. The topological polar surface area (TPSA) is 125 Å². The predicted molar refractivity (Wildman–Crippen MR) is 146 cm³/mol. The molecule has 1 aromatic carbocycles. The van der Waals surface area contributed by atoms with Crippen LogP contribution in [0.2, 0.25) is 0 Å². The molecule has 3 aromatic rings. The molecule has 2 aromatic heterocycles. The second kappa shape index (κ2) is 11.4. The molecule has 0 unspecified atom stereocenters. The number of carbonyl (C=O) groups excluding carboxylic acids is 2. The number of halogens is 3. The molecule has 1 aliphatic carbocycles. The molecule has 0 radical (unpaired) electrons. The van der Waals surface area contributed by atoms with Crippen LogP contribution in [0, 0.1) is 0 Å². The average Bonchev–Trinajstić information content (AvgIpc) is 3.73. The molecule has 5 rings (SSSR count). The van der Waals surface area contributed by atoms with Gasteiger partial charge in [0, 0.05) is 49.0 Å². The molecule has 2 aliphatic rings. The Morgan fingerprint density at radius 1 is 1.05 bits per heavy atom. The summed E-state index contributed by atoms with van der Waals surface area (Å²) in [4.78, 5) is 36.0. The smallest absolute Gasteiger partial charge is 0.381 e. The number of fused-ring (bicyclic) bond motifs is 1. The molecule has 2 amide bonds. The van der Waals surface area contributed by atoms with Gasteiger partial charge in [0.25, 0.3) is 11.8 Å². The summed E-state index contributed by atoms with van der Waals surface area (Å²) in [5.74, 6) is -0.729. The lowest BCUT2D eigenvalue weighted by atomic mass is 9.96. The van der Waals surface area contributed by atoms with Crippen LogP contribution in [0.1, 0.15) is 52.1 Å². The quantitative estimate of drug-likeness (QED) is 0.283. The number of likely N-dealkylation sites (N-methyl/N-ethyl adjacent to an activating group) is 1. The molecule has 212 valence electrons. The largest absolute Gasteiger partial charge is 0.417 e. The first-order valence-electron chi connectivity index (χ1n) is 13.4. The van der Waals surface area contributed by atoms with E-state index in [1.54, 1.807) is 0 Å². The van der Waals surface area contributed by atoms with E-state index in [-0.39, 0.29) is 40.3 Å². The number of anilines is 1. The fraction of sp³-hybridized carbons (Fsp3) is 0.429. The third kappa shape index (κ3) is 6.18. The first-order valence-corrected chi connectivity index (χ1v) is 13.4. The first-order chi connectivity index (χ1) is 19.1. The molecule has 0 spiro atoms. The Morgan fingerprint density at radius 2 is 1.82 bits per heavy atom. The van der Waals surface area contributed by atoms with Gasteiger partial charge in [0.15, 0.2) is 0 Å². The van der Waals surface area contributed by atoms with Gasteiger partial charge in [0.05, 0.1) is 28.4 Å². The number of aromatic nitrogens is 2. The Balaban J connectivity index is 1.52. The van der Waals surface area contributed by atoms with Crippen molar-refractivity contribution in [1.29, 1.82) is 0 Å². The van der Waals surface area contributed by atoms with Gasteiger partial charge < -0.3 is 26.6 Å². The van der Waals surface area contributed by atoms with Crippen molar-refractivity contribution >= 4 is 28.4 Å². The van der Waals surface area contributed by atoms with E-state index in [2.05, 4.69) is 30.8 Å². The molecular formula is C28H32F3N7O2. The van der Waals surface area contributed by atoms with E-state index in [1.807, 2.05) is 7.05 Å². The predicted octanol–water partition coefficient (Wildman–Crippen LogP) is 3.40. The lowest BCUT2D eigenvalue weighted by molar-refractivity contribution is -0.137. The maximum atomic E-state index is 14.2. The molecule has 0 bridgehead atoms. The van der Waals surface area contributed by atoms with Crippen LogP contribution in [-0.2, 0) is 6.18 Å². The highest BCUT2D eigenvalue weighted by Gasteiger charge is 2.35. The number of carbonyl (C=O) groups is 2. The number of rotatable bonds is 10. The number of nitrogens with two attached hydrogens (primary N) is 1. The summed E-state index contributed by atoms with van der Waals surface area (Å²) in [7, 11) is 1.96. The van der Waals surface area contributed by atoms with Crippen LogP contribution in [-0.4, -0.2) is 72.0 Å². The zero-order chi connectivity index (χ0) is 28.4. The summed E-state index contributed by atoms with van der Waals surface area (Å²) < 4.78 is 42.6. The van der Waals surface area contributed by atoms with Gasteiger partial charge in [-0.1, -0.05) is 6.07 Å². The standard InChI is InChI=1S/C28H32F3N7O2/c1-38-14-18(15-38)37-26(39)21-13-35-24-11-22(28(29,30)31)19(10-20(24)25(21)36-17-5-6-17)16-4-7-23(34-12-16)27(40)33-9-3-2-8-32/h4,7,10-13,17-18H,2-3,5-6,8-9,14-15,32H2,1H3,(H,33,40)(H,35,36)(H,37,39). The Kier molecular flexibility index (Phi) is 7.90. The molecular weight excluding hydrogens is 523 g/mol. The molecule has 0 atom stereocenters. The number of benzene rings is 1. The molecule has 3 heterocycles. The summed E-state index contributed by atoms with van der Waals surface area (Å²) in [5.41, 5.74) is 5.66. The van der Waals surface area contributed by atoms with Crippen LogP contribution < -0.4 is 21.7 Å². The van der Waals surface area contributed by atoms with Crippen LogP contribution in [0.15, 0.2) is 36.7 Å². The number of hydrogen-bond acceptors (Lipinski definition) is 7. The van der Waals surface area contributed by atoms with Crippen molar-refractivity contribution in [2.24, 2.45) is 5.73 Å². The van der Waals surface area contributed by atoms with Crippen molar-refractivity contribution in [3.8, 4) is 11.1 Å². The van der Waals surface area contributed by atoms with Gasteiger partial charge in [0.2, 0.25) is 0 Å². The lowest BCUT2D eigenvalue weighted by Crippen LogP contribution is -2.57. The molecule has 12 heteroatoms. The van der Waals surface area contributed by atoms with E-state index in [0.717, 1.165) is 44.8 Å². The Hall–Kier alpha value is -3.77. The van der Waals surface area contributed by atoms with Gasteiger partial charge in [-0.15, -0.1) is 0 Å². The van der Waals surface area contributed by atoms with E-state index in [0.29, 0.717) is 29.7 Å². The molecule has 1 saturated carbocycles. The van der Waals surface area contributed by atoms with Crippen LogP contribution >= 0.6 is 0 Å². The maximum Gasteiger partial charge on any atom is 0.417 e. The maximum absolute atomic E-state index is 14.2. The second-order valence-electron chi connectivity index (χ2n) is 10.5. The van der Waals surface area contributed by atoms with Crippen molar-refractivity contribution in [2.75, 3.05) is 38.5 Å². The number of pyridine rings is 2. The van der Waals surface area contributed by atoms with E-state index < -0.39 is 17.6 Å². The lowest BCUT2D eigenvalue weighted by Gasteiger charge is -2.36. The highest BCUT2D eigenvalue weighted by Crippen LogP contribution is 2.42. The van der Waals surface area contributed by atoms with Crippen molar-refractivity contribution in [2.45, 2.75) is 43.9 Å². The monoisotopic (exact) mass is 555 g/mol. The van der Waals surface area contributed by atoms with Crippen LogP contribution in [0.5, 0.6) is 0 Å². The first kappa shape index (κ1) is 27.8. The number of nitrogens with one attached hydrogen (secondary N) is 3. The molecule has 5 N–H and O–H groups in total. The second-order valence-corrected chi connectivity index (χ2v) is 10.5. The van der Waals surface area contributed by atoms with E-state index in [4.69, 9.17) is 5.73 Å². The van der Waals surface area contributed by atoms with Gasteiger partial charge in [-0.2, -0.15) is 13.2 Å².